The molecular formula is C19H14Cl2N2OS2. The molecule has 0 aliphatic carbocycles. The van der Waals surface area contributed by atoms with E-state index in [0.29, 0.717) is 26.4 Å². The summed E-state index contributed by atoms with van der Waals surface area (Å²) in [6.07, 6.45) is 1.69. The molecule has 0 fully saturated rings. The Bertz CT molecular complexity index is 962. The second-order valence-electron chi connectivity index (χ2n) is 5.67. The predicted octanol–water partition coefficient (Wildman–Crippen LogP) is 7.03. The molecule has 1 aromatic carbocycles. The van der Waals surface area contributed by atoms with Crippen LogP contribution in [-0.2, 0) is 0 Å². The molecule has 0 N–H and O–H groups in total. The van der Waals surface area contributed by atoms with Crippen LogP contribution in [0.2, 0.25) is 10.0 Å². The van der Waals surface area contributed by atoms with E-state index >= 15 is 0 Å². The maximum Gasteiger partial charge on any atom is 0.156 e. The third-order valence-electron chi connectivity index (χ3n) is 3.31. The van der Waals surface area contributed by atoms with Crippen molar-refractivity contribution in [1.29, 1.82) is 5.26 Å². The summed E-state index contributed by atoms with van der Waals surface area (Å²) in [5.74, 6) is 0.452. The first-order valence-electron chi connectivity index (χ1n) is 7.75. The summed E-state index contributed by atoms with van der Waals surface area (Å²) in [4.78, 5) is 5.64. The SMILES string of the molecule is CC(C)Oc1c(Cl)cc(/C=C(/C#N)c2nc(-c3cccs3)cs2)cc1Cl. The zero-order valence-electron chi connectivity index (χ0n) is 14.0. The fourth-order valence-electron chi connectivity index (χ4n) is 2.25. The van der Waals surface area contributed by atoms with Gasteiger partial charge in [0, 0.05) is 5.38 Å². The van der Waals surface area contributed by atoms with Gasteiger partial charge in [0.2, 0.25) is 0 Å². The lowest BCUT2D eigenvalue weighted by Crippen LogP contribution is -2.06. The number of rotatable bonds is 5. The zero-order chi connectivity index (χ0) is 18.7. The van der Waals surface area contributed by atoms with Crippen LogP contribution in [0, 0.1) is 11.3 Å². The standard InChI is InChI=1S/C19H14Cl2N2OS2/c1-11(2)24-18-14(20)7-12(8-15(18)21)6-13(9-22)19-23-16(10-26-19)17-4-3-5-25-17/h3-8,10-11H,1-2H3/b13-6-. The van der Waals surface area contributed by atoms with Crippen LogP contribution in [0.15, 0.2) is 35.0 Å². The highest BCUT2D eigenvalue weighted by Gasteiger charge is 2.13. The van der Waals surface area contributed by atoms with Crippen LogP contribution in [-0.4, -0.2) is 11.1 Å². The zero-order valence-corrected chi connectivity index (χ0v) is 17.1. The van der Waals surface area contributed by atoms with Crippen LogP contribution < -0.4 is 4.74 Å². The third-order valence-corrected chi connectivity index (χ3v) is 5.64. The topological polar surface area (TPSA) is 45.9 Å². The van der Waals surface area contributed by atoms with Gasteiger partial charge in [-0.05, 0) is 49.1 Å². The number of hydrogen-bond acceptors (Lipinski definition) is 5. The first-order chi connectivity index (χ1) is 12.5. The maximum absolute atomic E-state index is 9.55. The Labute approximate surface area is 170 Å². The van der Waals surface area contributed by atoms with E-state index < -0.39 is 0 Å². The monoisotopic (exact) mass is 420 g/mol. The lowest BCUT2D eigenvalue weighted by Gasteiger charge is -2.13. The number of thiophene rings is 1. The largest absolute Gasteiger partial charge is 0.488 e. The van der Waals surface area contributed by atoms with Crippen LogP contribution in [0.5, 0.6) is 5.75 Å². The van der Waals surface area contributed by atoms with Crippen LogP contribution in [0.1, 0.15) is 24.4 Å². The van der Waals surface area contributed by atoms with E-state index in [1.807, 2.05) is 36.7 Å². The van der Waals surface area contributed by atoms with Crippen molar-refractivity contribution in [2.24, 2.45) is 0 Å². The lowest BCUT2D eigenvalue weighted by molar-refractivity contribution is 0.243. The normalized spacial score (nSPS) is 11.6. The molecule has 26 heavy (non-hydrogen) atoms. The van der Waals surface area contributed by atoms with E-state index in [-0.39, 0.29) is 6.10 Å². The molecular weight excluding hydrogens is 407 g/mol. The van der Waals surface area contributed by atoms with Crippen molar-refractivity contribution in [2.75, 3.05) is 0 Å². The van der Waals surface area contributed by atoms with Gasteiger partial charge in [-0.1, -0.05) is 29.3 Å². The van der Waals surface area contributed by atoms with Gasteiger partial charge >= 0.3 is 0 Å². The smallest absolute Gasteiger partial charge is 0.156 e. The number of nitrogens with zero attached hydrogens (tertiary/aromatic N) is 2. The van der Waals surface area contributed by atoms with Gasteiger partial charge in [0.25, 0.3) is 0 Å². The van der Waals surface area contributed by atoms with Crippen LogP contribution >= 0.6 is 45.9 Å². The van der Waals surface area contributed by atoms with Crippen LogP contribution in [0.25, 0.3) is 22.2 Å². The summed E-state index contributed by atoms with van der Waals surface area (Å²) in [5.41, 5.74) is 2.06. The van der Waals surface area contributed by atoms with Gasteiger partial charge in [-0.2, -0.15) is 5.26 Å². The minimum atomic E-state index is -0.0351. The summed E-state index contributed by atoms with van der Waals surface area (Å²) in [7, 11) is 0. The quantitative estimate of drug-likeness (QED) is 0.416. The molecule has 7 heteroatoms. The van der Waals surface area contributed by atoms with Gasteiger partial charge in [0.05, 0.1) is 32.3 Å². The molecule has 0 radical (unpaired) electrons. The summed E-state index contributed by atoms with van der Waals surface area (Å²) in [6.45, 7) is 3.81. The Kier molecular flexibility index (Phi) is 6.00. The summed E-state index contributed by atoms with van der Waals surface area (Å²) < 4.78 is 5.63. The lowest BCUT2D eigenvalue weighted by atomic mass is 10.1. The number of ether oxygens (including phenoxy) is 1. The van der Waals surface area contributed by atoms with E-state index in [4.69, 9.17) is 27.9 Å². The average molecular weight is 421 g/mol. The Hall–Kier alpha value is -1.84. The van der Waals surface area contributed by atoms with Crippen molar-refractivity contribution < 1.29 is 4.74 Å². The number of allylic oxidation sites excluding steroid dienone is 1. The molecule has 2 aromatic heterocycles. The highest BCUT2D eigenvalue weighted by atomic mass is 35.5. The van der Waals surface area contributed by atoms with Crippen molar-refractivity contribution in [1.82, 2.24) is 4.98 Å². The van der Waals surface area contributed by atoms with Crippen LogP contribution in [0.4, 0.5) is 0 Å². The van der Waals surface area contributed by atoms with Crippen molar-refractivity contribution >= 4 is 57.5 Å². The van der Waals surface area contributed by atoms with E-state index in [1.54, 1.807) is 29.5 Å². The number of halogens is 2. The Balaban J connectivity index is 1.94. The minimum Gasteiger partial charge on any atom is -0.488 e. The first-order valence-corrected chi connectivity index (χ1v) is 10.3. The number of hydrogen-bond donors (Lipinski definition) is 0. The Morgan fingerprint density at radius 1 is 1.27 bits per heavy atom. The molecule has 0 aliphatic rings. The van der Waals surface area contributed by atoms with Crippen molar-refractivity contribution in [2.45, 2.75) is 20.0 Å². The highest BCUT2D eigenvalue weighted by molar-refractivity contribution is 7.14. The van der Waals surface area contributed by atoms with Gasteiger partial charge in [0.15, 0.2) is 5.75 Å². The third kappa shape index (κ3) is 4.28. The van der Waals surface area contributed by atoms with Gasteiger partial charge < -0.3 is 4.74 Å². The van der Waals surface area contributed by atoms with Gasteiger partial charge in [0.1, 0.15) is 11.1 Å². The number of thiazole rings is 1. The summed E-state index contributed by atoms with van der Waals surface area (Å²) in [6, 6.07) is 9.65. The molecule has 0 unspecified atom stereocenters. The van der Waals surface area contributed by atoms with Gasteiger partial charge in [-0.3, -0.25) is 0 Å². The molecule has 0 amide bonds. The molecule has 0 spiro atoms. The molecule has 3 aromatic rings. The van der Waals surface area contributed by atoms with Gasteiger partial charge in [-0.15, -0.1) is 22.7 Å². The number of nitriles is 1. The second kappa shape index (κ2) is 8.24. The summed E-state index contributed by atoms with van der Waals surface area (Å²) >= 11 is 15.6. The number of benzene rings is 1. The molecule has 0 saturated heterocycles. The van der Waals surface area contributed by atoms with Gasteiger partial charge in [-0.25, -0.2) is 4.98 Å². The highest BCUT2D eigenvalue weighted by Crippen LogP contribution is 2.36. The molecule has 0 saturated carbocycles. The van der Waals surface area contributed by atoms with Crippen molar-refractivity contribution in [3.05, 3.63) is 55.6 Å². The van der Waals surface area contributed by atoms with E-state index in [1.165, 1.54) is 11.3 Å². The fourth-order valence-corrected chi connectivity index (χ4v) is 4.39. The van der Waals surface area contributed by atoms with E-state index in [0.717, 1.165) is 16.1 Å². The van der Waals surface area contributed by atoms with Crippen LogP contribution in [0.3, 0.4) is 0 Å². The average Bonchev–Trinajstić information content (AvgIpc) is 3.26. The molecule has 0 aliphatic heterocycles. The van der Waals surface area contributed by atoms with E-state index in [2.05, 4.69) is 11.1 Å². The first kappa shape index (κ1) is 18.9. The Morgan fingerprint density at radius 2 is 2.00 bits per heavy atom. The van der Waals surface area contributed by atoms with Crippen molar-refractivity contribution in [3.63, 3.8) is 0 Å². The molecule has 3 nitrogen and oxygen atoms in total. The maximum atomic E-state index is 9.55. The molecule has 3 rings (SSSR count). The minimum absolute atomic E-state index is 0.0351. The Morgan fingerprint density at radius 3 is 2.58 bits per heavy atom. The molecule has 0 atom stereocenters. The predicted molar refractivity (Wildman–Crippen MR) is 111 cm³/mol. The molecule has 2 heterocycles. The fraction of sp³-hybridized carbons (Fsp3) is 0.158. The second-order valence-corrected chi connectivity index (χ2v) is 8.29. The van der Waals surface area contributed by atoms with E-state index in [9.17, 15) is 5.26 Å². The number of aromatic nitrogens is 1. The molecule has 0 bridgehead atoms. The summed E-state index contributed by atoms with van der Waals surface area (Å²) in [5, 5.41) is 15.0. The molecule has 132 valence electrons. The van der Waals surface area contributed by atoms with Crippen molar-refractivity contribution in [3.8, 4) is 22.4 Å².